The summed E-state index contributed by atoms with van der Waals surface area (Å²) in [4.78, 5) is 26.0. The molecule has 0 bridgehead atoms. The normalized spacial score (nSPS) is 10.4. The van der Waals surface area contributed by atoms with Gasteiger partial charge in [-0.15, -0.1) is 0 Å². The van der Waals surface area contributed by atoms with Crippen LogP contribution in [0, 0.1) is 10.1 Å². The van der Waals surface area contributed by atoms with Crippen molar-refractivity contribution in [2.24, 2.45) is 0 Å². The Morgan fingerprint density at radius 2 is 2.42 bits per heavy atom. The Hall–Kier alpha value is -2.71. The number of nitro groups is 1. The predicted molar refractivity (Wildman–Crippen MR) is 65.7 cm³/mol. The van der Waals surface area contributed by atoms with Crippen molar-refractivity contribution in [1.29, 1.82) is 0 Å². The standard InChI is InChI=1S/C10H12N6O3/c1-2-3-15-5-7(16(18)19)4-8(15)9(17)13-10-11-6-12-14-10/h4-6H,2-3H2,1H3,(H2,11,12,13,14,17). The average Bonchev–Trinajstić information content (AvgIpc) is 2.98. The van der Waals surface area contributed by atoms with Gasteiger partial charge in [0.1, 0.15) is 12.0 Å². The summed E-state index contributed by atoms with van der Waals surface area (Å²) in [5.74, 6) is -0.282. The third kappa shape index (κ3) is 2.76. The molecule has 0 saturated carbocycles. The lowest BCUT2D eigenvalue weighted by molar-refractivity contribution is -0.384. The van der Waals surface area contributed by atoms with Gasteiger partial charge in [-0.25, -0.2) is 5.10 Å². The van der Waals surface area contributed by atoms with Gasteiger partial charge in [-0.1, -0.05) is 6.92 Å². The van der Waals surface area contributed by atoms with E-state index in [0.29, 0.717) is 6.54 Å². The van der Waals surface area contributed by atoms with Crippen LogP contribution in [0.4, 0.5) is 11.6 Å². The maximum absolute atomic E-state index is 12.0. The lowest BCUT2D eigenvalue weighted by Gasteiger charge is -2.05. The molecule has 0 atom stereocenters. The Kier molecular flexibility index (Phi) is 3.55. The van der Waals surface area contributed by atoms with E-state index in [1.54, 1.807) is 4.57 Å². The van der Waals surface area contributed by atoms with Crippen LogP contribution in [-0.4, -0.2) is 30.6 Å². The average molecular weight is 264 g/mol. The summed E-state index contributed by atoms with van der Waals surface area (Å²) in [7, 11) is 0. The number of hydrogen-bond acceptors (Lipinski definition) is 5. The van der Waals surface area contributed by atoms with Gasteiger partial charge in [-0.3, -0.25) is 20.2 Å². The van der Waals surface area contributed by atoms with Crippen molar-refractivity contribution >= 4 is 17.5 Å². The maximum Gasteiger partial charge on any atom is 0.287 e. The number of aromatic amines is 1. The van der Waals surface area contributed by atoms with Crippen LogP contribution in [0.2, 0.25) is 0 Å². The third-order valence-corrected chi connectivity index (χ3v) is 2.44. The molecule has 0 fully saturated rings. The number of rotatable bonds is 5. The maximum atomic E-state index is 12.0. The number of aromatic nitrogens is 4. The highest BCUT2D eigenvalue weighted by Crippen LogP contribution is 2.17. The largest absolute Gasteiger partial charge is 0.337 e. The second-order valence-electron chi connectivity index (χ2n) is 3.82. The molecule has 0 spiro atoms. The van der Waals surface area contributed by atoms with E-state index < -0.39 is 10.8 Å². The van der Waals surface area contributed by atoms with Gasteiger partial charge in [-0.05, 0) is 6.42 Å². The van der Waals surface area contributed by atoms with E-state index in [2.05, 4.69) is 20.5 Å². The minimum Gasteiger partial charge on any atom is -0.337 e. The Balaban J connectivity index is 2.26. The Morgan fingerprint density at radius 1 is 1.63 bits per heavy atom. The quantitative estimate of drug-likeness (QED) is 0.620. The first-order valence-corrected chi connectivity index (χ1v) is 5.63. The zero-order valence-electron chi connectivity index (χ0n) is 10.2. The van der Waals surface area contributed by atoms with Crippen LogP contribution in [0.1, 0.15) is 23.8 Å². The first-order chi connectivity index (χ1) is 9.11. The number of hydrogen-bond donors (Lipinski definition) is 2. The first kappa shape index (κ1) is 12.7. The number of H-pyrrole nitrogens is 1. The summed E-state index contributed by atoms with van der Waals surface area (Å²) in [5, 5.41) is 19.3. The molecule has 0 aliphatic heterocycles. The Morgan fingerprint density at radius 3 is 3.00 bits per heavy atom. The number of carbonyl (C=O) groups is 1. The first-order valence-electron chi connectivity index (χ1n) is 5.63. The van der Waals surface area contributed by atoms with Crippen molar-refractivity contribution in [2.45, 2.75) is 19.9 Å². The van der Waals surface area contributed by atoms with Crippen LogP contribution >= 0.6 is 0 Å². The highest BCUT2D eigenvalue weighted by atomic mass is 16.6. The van der Waals surface area contributed by atoms with Crippen molar-refractivity contribution in [3.05, 3.63) is 34.4 Å². The molecule has 2 aromatic heterocycles. The van der Waals surface area contributed by atoms with Gasteiger partial charge in [0.05, 0.1) is 11.1 Å². The lowest BCUT2D eigenvalue weighted by atomic mass is 10.3. The van der Waals surface area contributed by atoms with Crippen LogP contribution in [0.15, 0.2) is 18.6 Å². The Labute approximate surface area is 107 Å². The van der Waals surface area contributed by atoms with E-state index in [9.17, 15) is 14.9 Å². The number of carbonyl (C=O) groups excluding carboxylic acids is 1. The molecule has 0 aromatic carbocycles. The number of aryl methyl sites for hydroxylation is 1. The number of nitrogens with one attached hydrogen (secondary N) is 2. The van der Waals surface area contributed by atoms with E-state index in [0.717, 1.165) is 6.42 Å². The summed E-state index contributed by atoms with van der Waals surface area (Å²) in [6.45, 7) is 2.44. The minimum absolute atomic E-state index is 0.115. The molecule has 0 aliphatic carbocycles. The molecule has 2 aromatic rings. The van der Waals surface area contributed by atoms with Crippen molar-refractivity contribution in [3.63, 3.8) is 0 Å². The molecule has 9 nitrogen and oxygen atoms in total. The summed E-state index contributed by atoms with van der Waals surface area (Å²) >= 11 is 0. The molecule has 0 aliphatic rings. The molecule has 2 N–H and O–H groups in total. The monoisotopic (exact) mass is 264 g/mol. The smallest absolute Gasteiger partial charge is 0.287 e. The van der Waals surface area contributed by atoms with Gasteiger partial charge < -0.3 is 4.57 Å². The van der Waals surface area contributed by atoms with E-state index >= 15 is 0 Å². The molecule has 100 valence electrons. The van der Waals surface area contributed by atoms with Gasteiger partial charge in [0.25, 0.3) is 11.6 Å². The topological polar surface area (TPSA) is 119 Å². The minimum atomic E-state index is -0.530. The zero-order chi connectivity index (χ0) is 13.8. The van der Waals surface area contributed by atoms with Crippen molar-refractivity contribution < 1.29 is 9.72 Å². The third-order valence-electron chi connectivity index (χ3n) is 2.44. The molecule has 9 heteroatoms. The lowest BCUT2D eigenvalue weighted by Crippen LogP contribution is -2.17. The van der Waals surface area contributed by atoms with Crippen LogP contribution in [0.25, 0.3) is 0 Å². The van der Waals surface area contributed by atoms with Crippen molar-refractivity contribution in [3.8, 4) is 0 Å². The van der Waals surface area contributed by atoms with Gasteiger partial charge in [0.2, 0.25) is 5.95 Å². The summed E-state index contributed by atoms with van der Waals surface area (Å²) in [6.07, 6.45) is 3.36. The molecular formula is C10H12N6O3. The molecule has 0 radical (unpaired) electrons. The number of nitrogens with zero attached hydrogens (tertiary/aromatic N) is 4. The van der Waals surface area contributed by atoms with Gasteiger partial charge in [-0.2, -0.15) is 10.1 Å². The van der Waals surface area contributed by atoms with E-state index in [-0.39, 0.29) is 17.3 Å². The SMILES string of the molecule is CCCn1cc([N+](=O)[O-])cc1C(=O)Nc1ncn[nH]1. The van der Waals surface area contributed by atoms with Gasteiger partial charge in [0.15, 0.2) is 0 Å². The van der Waals surface area contributed by atoms with Crippen molar-refractivity contribution in [2.75, 3.05) is 5.32 Å². The van der Waals surface area contributed by atoms with E-state index in [1.807, 2.05) is 6.92 Å². The molecule has 2 rings (SSSR count). The van der Waals surface area contributed by atoms with Gasteiger partial charge >= 0.3 is 0 Å². The fourth-order valence-corrected chi connectivity index (χ4v) is 1.65. The summed E-state index contributed by atoms with van der Waals surface area (Å²) in [6, 6.07) is 1.24. The summed E-state index contributed by atoms with van der Waals surface area (Å²) in [5.41, 5.74) is 0.0983. The molecule has 0 saturated heterocycles. The predicted octanol–water partition coefficient (Wildman–Crippen LogP) is 1.18. The fourth-order valence-electron chi connectivity index (χ4n) is 1.65. The highest BCUT2D eigenvalue weighted by molar-refractivity contribution is 6.02. The van der Waals surface area contributed by atoms with Crippen molar-refractivity contribution in [1.82, 2.24) is 19.7 Å². The van der Waals surface area contributed by atoms with Crippen LogP contribution in [0.5, 0.6) is 0 Å². The number of anilines is 1. The summed E-state index contributed by atoms with van der Waals surface area (Å²) < 4.78 is 1.55. The second kappa shape index (κ2) is 5.29. The van der Waals surface area contributed by atoms with Crippen LogP contribution in [-0.2, 0) is 6.54 Å². The molecule has 19 heavy (non-hydrogen) atoms. The van der Waals surface area contributed by atoms with Crippen LogP contribution < -0.4 is 5.32 Å². The number of amides is 1. The second-order valence-corrected chi connectivity index (χ2v) is 3.82. The molecule has 0 unspecified atom stereocenters. The van der Waals surface area contributed by atoms with E-state index in [1.165, 1.54) is 18.6 Å². The highest BCUT2D eigenvalue weighted by Gasteiger charge is 2.19. The Bertz CT molecular complexity index is 588. The van der Waals surface area contributed by atoms with Gasteiger partial charge in [0, 0.05) is 12.6 Å². The van der Waals surface area contributed by atoms with Crippen LogP contribution in [0.3, 0.4) is 0 Å². The molecule has 2 heterocycles. The fraction of sp³-hybridized carbons (Fsp3) is 0.300. The molecular weight excluding hydrogens is 252 g/mol. The van der Waals surface area contributed by atoms with E-state index in [4.69, 9.17) is 0 Å². The zero-order valence-corrected chi connectivity index (χ0v) is 10.2. The molecule has 1 amide bonds.